The highest BCUT2D eigenvalue weighted by Crippen LogP contribution is 2.22. The average Bonchev–Trinajstić information content (AvgIpc) is 2.83. The number of carbonyl (C=O) groups is 2. The first-order valence-corrected chi connectivity index (χ1v) is 11.8. The number of carbonyl (C=O) groups excluding carboxylic acids is 1. The number of amides is 1. The zero-order valence-corrected chi connectivity index (χ0v) is 21.0. The van der Waals surface area contributed by atoms with Crippen LogP contribution in [-0.4, -0.2) is 40.3 Å². The van der Waals surface area contributed by atoms with Crippen molar-refractivity contribution in [1.29, 1.82) is 0 Å². The van der Waals surface area contributed by atoms with Gasteiger partial charge in [0, 0.05) is 23.1 Å². The summed E-state index contributed by atoms with van der Waals surface area (Å²) in [6, 6.07) is 20.6. The second-order valence-electron chi connectivity index (χ2n) is 9.68. The van der Waals surface area contributed by atoms with Crippen LogP contribution in [0.25, 0.3) is 0 Å². The van der Waals surface area contributed by atoms with E-state index < -0.39 is 18.1 Å². The van der Waals surface area contributed by atoms with E-state index in [4.69, 9.17) is 0 Å². The van der Waals surface area contributed by atoms with E-state index in [0.29, 0.717) is 28.1 Å². The molecule has 188 valence electrons. The van der Waals surface area contributed by atoms with Crippen molar-refractivity contribution in [3.8, 4) is 0 Å². The molecular formula is C29H32FN3O3. The lowest BCUT2D eigenvalue weighted by Crippen LogP contribution is -2.48. The van der Waals surface area contributed by atoms with Crippen molar-refractivity contribution >= 4 is 23.3 Å². The average molecular weight is 490 g/mol. The van der Waals surface area contributed by atoms with Crippen molar-refractivity contribution in [3.05, 3.63) is 101 Å². The summed E-state index contributed by atoms with van der Waals surface area (Å²) in [5.74, 6) is -1.71. The molecule has 0 unspecified atom stereocenters. The van der Waals surface area contributed by atoms with Gasteiger partial charge in [0.2, 0.25) is 5.91 Å². The number of halogens is 1. The van der Waals surface area contributed by atoms with Crippen LogP contribution in [0, 0.1) is 5.82 Å². The summed E-state index contributed by atoms with van der Waals surface area (Å²) in [7, 11) is 0. The second kappa shape index (κ2) is 11.7. The third-order valence-corrected chi connectivity index (χ3v) is 5.44. The van der Waals surface area contributed by atoms with E-state index in [-0.39, 0.29) is 23.7 Å². The van der Waals surface area contributed by atoms with Crippen LogP contribution in [0.3, 0.4) is 0 Å². The molecule has 36 heavy (non-hydrogen) atoms. The van der Waals surface area contributed by atoms with E-state index in [9.17, 15) is 19.1 Å². The molecule has 0 heterocycles. The van der Waals surface area contributed by atoms with Gasteiger partial charge in [-0.05, 0) is 51.5 Å². The van der Waals surface area contributed by atoms with Gasteiger partial charge in [-0.15, -0.1) is 0 Å². The van der Waals surface area contributed by atoms with Gasteiger partial charge in [0.15, 0.2) is 6.04 Å². The number of nitrogens with zero attached hydrogens (tertiary/aromatic N) is 1. The molecule has 0 aliphatic rings. The maximum absolute atomic E-state index is 13.3. The second-order valence-corrected chi connectivity index (χ2v) is 9.68. The molecule has 0 bridgehead atoms. The minimum atomic E-state index is -1.11. The SMILES string of the molecule is C[C@H](NC(C)(C)C)C(=O)Nc1ccccc1C(=N[C@@H](Cc1ccc(F)cc1)C(=O)O)c1ccccc1. The summed E-state index contributed by atoms with van der Waals surface area (Å²) in [5.41, 5.74) is 2.69. The Morgan fingerprint density at radius 1 is 0.944 bits per heavy atom. The Labute approximate surface area is 211 Å². The molecule has 0 saturated carbocycles. The first-order valence-electron chi connectivity index (χ1n) is 11.8. The van der Waals surface area contributed by atoms with Crippen molar-refractivity contribution in [2.45, 2.75) is 51.7 Å². The Kier molecular flexibility index (Phi) is 8.72. The highest BCUT2D eigenvalue weighted by molar-refractivity contribution is 6.17. The molecule has 0 aliphatic heterocycles. The van der Waals surface area contributed by atoms with E-state index in [0.717, 1.165) is 0 Å². The number of para-hydroxylation sites is 1. The van der Waals surface area contributed by atoms with Crippen molar-refractivity contribution in [1.82, 2.24) is 5.32 Å². The van der Waals surface area contributed by atoms with Gasteiger partial charge in [0.05, 0.1) is 17.4 Å². The summed E-state index contributed by atoms with van der Waals surface area (Å²) in [6.07, 6.45) is 0.0903. The molecule has 3 rings (SSSR count). The van der Waals surface area contributed by atoms with Crippen LogP contribution in [0.15, 0.2) is 83.9 Å². The first-order chi connectivity index (χ1) is 17.0. The molecule has 0 aliphatic carbocycles. The summed E-state index contributed by atoms with van der Waals surface area (Å²) in [6.45, 7) is 7.74. The number of hydrogen-bond donors (Lipinski definition) is 3. The fourth-order valence-corrected chi connectivity index (χ4v) is 3.84. The Bertz CT molecular complexity index is 1220. The molecule has 1 amide bonds. The molecule has 0 fully saturated rings. The molecule has 6 nitrogen and oxygen atoms in total. The number of benzene rings is 3. The molecule has 7 heteroatoms. The third kappa shape index (κ3) is 7.58. The van der Waals surface area contributed by atoms with E-state index in [1.165, 1.54) is 12.1 Å². The number of anilines is 1. The Balaban J connectivity index is 2.03. The van der Waals surface area contributed by atoms with E-state index >= 15 is 0 Å². The Morgan fingerprint density at radius 3 is 2.17 bits per heavy atom. The Hall–Kier alpha value is -3.84. The van der Waals surface area contributed by atoms with Crippen molar-refractivity contribution in [3.63, 3.8) is 0 Å². The van der Waals surface area contributed by atoms with Crippen LogP contribution in [0.4, 0.5) is 10.1 Å². The molecule has 3 N–H and O–H groups in total. The Morgan fingerprint density at radius 2 is 1.56 bits per heavy atom. The number of aliphatic imine (C=N–C) groups is 1. The van der Waals surface area contributed by atoms with Gasteiger partial charge in [0.25, 0.3) is 0 Å². The minimum absolute atomic E-state index is 0.0903. The number of aliphatic carboxylic acids is 1. The quantitative estimate of drug-likeness (QED) is 0.366. The minimum Gasteiger partial charge on any atom is -0.480 e. The monoisotopic (exact) mass is 489 g/mol. The van der Waals surface area contributed by atoms with Crippen LogP contribution in [0.2, 0.25) is 0 Å². The number of rotatable bonds is 9. The topological polar surface area (TPSA) is 90.8 Å². The predicted octanol–water partition coefficient (Wildman–Crippen LogP) is 5.07. The fourth-order valence-electron chi connectivity index (χ4n) is 3.84. The maximum Gasteiger partial charge on any atom is 0.328 e. The first kappa shape index (κ1) is 26.8. The summed E-state index contributed by atoms with van der Waals surface area (Å²) < 4.78 is 13.3. The molecule has 0 radical (unpaired) electrons. The highest BCUT2D eigenvalue weighted by atomic mass is 19.1. The van der Waals surface area contributed by atoms with Crippen LogP contribution in [0.1, 0.15) is 44.4 Å². The van der Waals surface area contributed by atoms with Crippen LogP contribution in [-0.2, 0) is 16.0 Å². The number of carboxylic acids is 1. The third-order valence-electron chi connectivity index (χ3n) is 5.44. The number of hydrogen-bond acceptors (Lipinski definition) is 4. The highest BCUT2D eigenvalue weighted by Gasteiger charge is 2.23. The smallest absolute Gasteiger partial charge is 0.328 e. The van der Waals surface area contributed by atoms with Gasteiger partial charge in [-0.2, -0.15) is 0 Å². The molecular weight excluding hydrogens is 457 g/mol. The lowest BCUT2D eigenvalue weighted by Gasteiger charge is -2.26. The largest absolute Gasteiger partial charge is 0.480 e. The fraction of sp³-hybridized carbons (Fsp3) is 0.276. The van der Waals surface area contributed by atoms with Crippen LogP contribution >= 0.6 is 0 Å². The molecule has 2 atom stereocenters. The number of carboxylic acid groups (broad SMARTS) is 1. The predicted molar refractivity (Wildman–Crippen MR) is 141 cm³/mol. The molecule has 3 aromatic rings. The normalized spacial score (nSPS) is 13.6. The zero-order chi connectivity index (χ0) is 26.3. The van der Waals surface area contributed by atoms with E-state index in [1.54, 1.807) is 37.3 Å². The zero-order valence-electron chi connectivity index (χ0n) is 21.0. The van der Waals surface area contributed by atoms with Crippen molar-refractivity contribution < 1.29 is 19.1 Å². The van der Waals surface area contributed by atoms with Crippen LogP contribution < -0.4 is 10.6 Å². The molecule has 3 aromatic carbocycles. The van der Waals surface area contributed by atoms with Gasteiger partial charge in [0.1, 0.15) is 5.82 Å². The number of nitrogens with one attached hydrogen (secondary N) is 2. The van der Waals surface area contributed by atoms with Gasteiger partial charge >= 0.3 is 5.97 Å². The standard InChI is InChI=1S/C29H32FN3O3/c1-19(33-29(2,3)4)27(34)32-24-13-9-8-12-23(24)26(21-10-6-5-7-11-21)31-25(28(35)36)18-20-14-16-22(30)17-15-20/h5-17,19,25,33H,18H2,1-4H3,(H,32,34)(H,35,36)/t19-,25-/m0/s1. The lowest BCUT2D eigenvalue weighted by atomic mass is 9.98. The lowest BCUT2D eigenvalue weighted by molar-refractivity contribution is -0.138. The summed E-state index contributed by atoms with van der Waals surface area (Å²) in [4.78, 5) is 29.8. The van der Waals surface area contributed by atoms with Gasteiger partial charge in [-0.25, -0.2) is 9.18 Å². The maximum atomic E-state index is 13.3. The summed E-state index contributed by atoms with van der Waals surface area (Å²) >= 11 is 0. The van der Waals surface area contributed by atoms with Gasteiger partial charge in [-0.3, -0.25) is 9.79 Å². The molecule has 0 saturated heterocycles. The van der Waals surface area contributed by atoms with Crippen LogP contribution in [0.5, 0.6) is 0 Å². The van der Waals surface area contributed by atoms with Crippen molar-refractivity contribution in [2.75, 3.05) is 5.32 Å². The van der Waals surface area contributed by atoms with Gasteiger partial charge < -0.3 is 15.7 Å². The summed E-state index contributed by atoms with van der Waals surface area (Å²) in [5, 5.41) is 16.2. The van der Waals surface area contributed by atoms with E-state index in [1.807, 2.05) is 57.2 Å². The van der Waals surface area contributed by atoms with E-state index in [2.05, 4.69) is 15.6 Å². The van der Waals surface area contributed by atoms with Crippen molar-refractivity contribution in [2.24, 2.45) is 4.99 Å². The molecule has 0 spiro atoms. The molecule has 0 aromatic heterocycles. The van der Waals surface area contributed by atoms with Gasteiger partial charge in [-0.1, -0.05) is 60.7 Å².